The number of nitrogen functional groups attached to an aromatic ring is 1. The van der Waals surface area contributed by atoms with Crippen molar-refractivity contribution in [3.63, 3.8) is 0 Å². The maximum Gasteiger partial charge on any atom is 0.240 e. The van der Waals surface area contributed by atoms with Gasteiger partial charge in [-0.25, -0.2) is 21.6 Å². The third kappa shape index (κ3) is 4.64. The van der Waals surface area contributed by atoms with E-state index in [0.29, 0.717) is 5.56 Å². The summed E-state index contributed by atoms with van der Waals surface area (Å²) in [6, 6.07) is 2.56. The highest BCUT2D eigenvalue weighted by atomic mass is 35.5. The largest absolute Gasteiger partial charge is 0.398 e. The molecule has 0 fully saturated rings. The van der Waals surface area contributed by atoms with Crippen LogP contribution in [-0.2, 0) is 19.9 Å². The van der Waals surface area contributed by atoms with Crippen LogP contribution in [-0.4, -0.2) is 35.4 Å². The average Bonchev–Trinajstić information content (AvgIpc) is 2.22. The second-order valence-electron chi connectivity index (χ2n) is 4.15. The van der Waals surface area contributed by atoms with Gasteiger partial charge in [-0.3, -0.25) is 0 Å². The molecular formula is C10H15ClN2O4S2. The molecule has 0 radical (unpaired) electrons. The Hall–Kier alpha value is -0.830. The van der Waals surface area contributed by atoms with Crippen LogP contribution in [0.1, 0.15) is 5.56 Å². The summed E-state index contributed by atoms with van der Waals surface area (Å²) in [5.41, 5.74) is 6.50. The zero-order valence-electron chi connectivity index (χ0n) is 10.5. The van der Waals surface area contributed by atoms with Crippen LogP contribution >= 0.6 is 11.6 Å². The molecule has 0 aliphatic heterocycles. The maximum absolute atomic E-state index is 11.9. The Balaban J connectivity index is 2.95. The Kier molecular flexibility index (Phi) is 4.83. The average molecular weight is 327 g/mol. The van der Waals surface area contributed by atoms with Crippen molar-refractivity contribution in [2.45, 2.75) is 11.8 Å². The van der Waals surface area contributed by atoms with Crippen molar-refractivity contribution in [1.82, 2.24) is 4.72 Å². The third-order valence-electron chi connectivity index (χ3n) is 2.43. The molecule has 0 unspecified atom stereocenters. The van der Waals surface area contributed by atoms with Crippen LogP contribution < -0.4 is 10.5 Å². The molecule has 0 amide bonds. The lowest BCUT2D eigenvalue weighted by Crippen LogP contribution is -2.29. The van der Waals surface area contributed by atoms with Crippen molar-refractivity contribution in [2.75, 3.05) is 24.3 Å². The molecule has 6 nitrogen and oxygen atoms in total. The molecular weight excluding hydrogens is 312 g/mol. The molecule has 0 saturated carbocycles. The molecule has 0 spiro atoms. The van der Waals surface area contributed by atoms with E-state index in [4.69, 9.17) is 17.3 Å². The third-order valence-corrected chi connectivity index (χ3v) is 5.21. The van der Waals surface area contributed by atoms with Crippen LogP contribution in [0.15, 0.2) is 17.0 Å². The van der Waals surface area contributed by atoms with E-state index in [1.165, 1.54) is 12.1 Å². The first kappa shape index (κ1) is 16.2. The van der Waals surface area contributed by atoms with Gasteiger partial charge in [-0.15, -0.1) is 0 Å². The Morgan fingerprint density at radius 2 is 1.84 bits per heavy atom. The monoisotopic (exact) mass is 326 g/mol. The fraction of sp³-hybridized carbons (Fsp3) is 0.400. The zero-order chi connectivity index (χ0) is 14.8. The fourth-order valence-corrected chi connectivity index (χ4v) is 3.26. The lowest BCUT2D eigenvalue weighted by atomic mass is 10.2. The molecule has 1 rings (SSSR count). The van der Waals surface area contributed by atoms with Crippen LogP contribution in [0.25, 0.3) is 0 Å². The van der Waals surface area contributed by atoms with E-state index < -0.39 is 19.9 Å². The van der Waals surface area contributed by atoms with Crippen LogP contribution in [0.3, 0.4) is 0 Å². The number of nitrogens with two attached hydrogens (primary N) is 1. The first-order chi connectivity index (χ1) is 8.53. The summed E-state index contributed by atoms with van der Waals surface area (Å²) < 4.78 is 47.9. The highest BCUT2D eigenvalue weighted by Crippen LogP contribution is 2.25. The molecule has 0 bridgehead atoms. The molecule has 0 aliphatic carbocycles. The summed E-state index contributed by atoms with van der Waals surface area (Å²) in [4.78, 5) is -0.0888. The summed E-state index contributed by atoms with van der Waals surface area (Å²) >= 11 is 5.86. The van der Waals surface area contributed by atoms with Gasteiger partial charge in [-0.05, 0) is 24.6 Å². The fourth-order valence-electron chi connectivity index (χ4n) is 1.27. The van der Waals surface area contributed by atoms with Crippen LogP contribution in [0.4, 0.5) is 5.69 Å². The van der Waals surface area contributed by atoms with Gasteiger partial charge in [0.25, 0.3) is 0 Å². The number of sulfone groups is 1. The van der Waals surface area contributed by atoms with Gasteiger partial charge in [0.2, 0.25) is 10.0 Å². The molecule has 1 aromatic rings. The van der Waals surface area contributed by atoms with Gasteiger partial charge < -0.3 is 5.73 Å². The van der Waals surface area contributed by atoms with Crippen molar-refractivity contribution < 1.29 is 16.8 Å². The van der Waals surface area contributed by atoms with Gasteiger partial charge in [-0.1, -0.05) is 11.6 Å². The second-order valence-corrected chi connectivity index (χ2v) is 8.58. The van der Waals surface area contributed by atoms with E-state index in [1.807, 2.05) is 0 Å². The Bertz CT molecular complexity index is 660. The van der Waals surface area contributed by atoms with Gasteiger partial charge >= 0.3 is 0 Å². The lowest BCUT2D eigenvalue weighted by molar-refractivity contribution is 0.582. The predicted octanol–water partition coefficient (Wildman–Crippen LogP) is 0.554. The number of benzene rings is 1. The van der Waals surface area contributed by atoms with E-state index in [0.717, 1.165) is 6.26 Å². The topological polar surface area (TPSA) is 106 Å². The van der Waals surface area contributed by atoms with E-state index in [1.54, 1.807) is 6.92 Å². The maximum atomic E-state index is 11.9. The standard InChI is InChI=1S/C10H15ClN2O4S2/c1-7-9(11)5-8(6-10(7)12)19(16,17)13-3-4-18(2,14)15/h5-6,13H,3-4,12H2,1-2H3. The zero-order valence-corrected chi connectivity index (χ0v) is 12.9. The molecule has 108 valence electrons. The highest BCUT2D eigenvalue weighted by molar-refractivity contribution is 7.91. The summed E-state index contributed by atoms with van der Waals surface area (Å²) in [6.07, 6.45) is 1.03. The molecule has 0 aliphatic rings. The van der Waals surface area contributed by atoms with E-state index in [9.17, 15) is 16.8 Å². The number of anilines is 1. The summed E-state index contributed by atoms with van der Waals surface area (Å²) in [5, 5.41) is 0.239. The molecule has 1 aromatic carbocycles. The first-order valence-corrected chi connectivity index (χ1v) is 9.18. The normalized spacial score (nSPS) is 12.6. The molecule has 3 N–H and O–H groups in total. The number of hydrogen-bond donors (Lipinski definition) is 2. The second kappa shape index (κ2) is 5.66. The van der Waals surface area contributed by atoms with Crippen LogP contribution in [0.5, 0.6) is 0 Å². The number of nitrogens with one attached hydrogen (secondary N) is 1. The van der Waals surface area contributed by atoms with Gasteiger partial charge in [0, 0.05) is 23.5 Å². The molecule has 0 heterocycles. The van der Waals surface area contributed by atoms with E-state index in [2.05, 4.69) is 4.72 Å². The van der Waals surface area contributed by atoms with Crippen LogP contribution in [0, 0.1) is 6.92 Å². The molecule has 0 aromatic heterocycles. The number of rotatable bonds is 5. The van der Waals surface area contributed by atoms with Crippen molar-refractivity contribution >= 4 is 37.1 Å². The van der Waals surface area contributed by atoms with Gasteiger partial charge in [0.15, 0.2) is 0 Å². The van der Waals surface area contributed by atoms with Crippen molar-refractivity contribution in [3.8, 4) is 0 Å². The van der Waals surface area contributed by atoms with E-state index >= 15 is 0 Å². The SMILES string of the molecule is Cc1c(N)cc(S(=O)(=O)NCCS(C)(=O)=O)cc1Cl. The summed E-state index contributed by atoms with van der Waals surface area (Å²) in [7, 11) is -7.05. The van der Waals surface area contributed by atoms with Crippen LogP contribution in [0.2, 0.25) is 5.02 Å². The Morgan fingerprint density at radius 3 is 2.32 bits per heavy atom. The predicted molar refractivity (Wildman–Crippen MR) is 75.5 cm³/mol. The first-order valence-electron chi connectivity index (χ1n) is 5.26. The quantitative estimate of drug-likeness (QED) is 0.769. The number of hydrogen-bond acceptors (Lipinski definition) is 5. The minimum absolute atomic E-state index is 0.0888. The highest BCUT2D eigenvalue weighted by Gasteiger charge is 2.17. The minimum atomic E-state index is -3.82. The Labute approximate surface area is 117 Å². The van der Waals surface area contributed by atoms with Crippen molar-refractivity contribution in [2.24, 2.45) is 0 Å². The summed E-state index contributed by atoms with van der Waals surface area (Å²) in [5.74, 6) is -0.276. The molecule has 9 heteroatoms. The molecule has 19 heavy (non-hydrogen) atoms. The summed E-state index contributed by atoms with van der Waals surface area (Å²) in [6.45, 7) is 1.47. The van der Waals surface area contributed by atoms with Crippen molar-refractivity contribution in [1.29, 1.82) is 0 Å². The lowest BCUT2D eigenvalue weighted by Gasteiger charge is -2.09. The van der Waals surface area contributed by atoms with Gasteiger partial charge in [-0.2, -0.15) is 0 Å². The minimum Gasteiger partial charge on any atom is -0.398 e. The Morgan fingerprint density at radius 1 is 1.26 bits per heavy atom. The molecule has 0 atom stereocenters. The number of sulfonamides is 1. The van der Waals surface area contributed by atoms with Crippen molar-refractivity contribution in [3.05, 3.63) is 22.7 Å². The molecule has 0 saturated heterocycles. The van der Waals surface area contributed by atoms with Gasteiger partial charge in [0.1, 0.15) is 9.84 Å². The van der Waals surface area contributed by atoms with Gasteiger partial charge in [0.05, 0.1) is 10.6 Å². The smallest absolute Gasteiger partial charge is 0.240 e. The van der Waals surface area contributed by atoms with E-state index in [-0.39, 0.29) is 27.9 Å². The number of halogens is 1.